The number of aromatic nitrogens is 2. The molecule has 0 spiro atoms. The van der Waals surface area contributed by atoms with Crippen LogP contribution >= 0.6 is 0 Å². The van der Waals surface area contributed by atoms with Crippen molar-refractivity contribution in [2.75, 3.05) is 0 Å². The standard InChI is InChI=1S/C19H26N4O/c1-19(2,3)12-23-16-9-8-15(21-17(16)22(4)18(23)24)14-7-5-6-13(10-14)11-20/h5-7,9-10,15H,8,11-12,20H2,1-4H3. The summed E-state index contributed by atoms with van der Waals surface area (Å²) in [6.07, 6.45) is 2.95. The Bertz CT molecular complexity index is 928. The van der Waals surface area contributed by atoms with E-state index >= 15 is 0 Å². The Labute approximate surface area is 142 Å². The van der Waals surface area contributed by atoms with Crippen LogP contribution in [0.1, 0.15) is 44.4 Å². The van der Waals surface area contributed by atoms with Crippen molar-refractivity contribution in [3.8, 4) is 0 Å². The van der Waals surface area contributed by atoms with Gasteiger partial charge in [0.25, 0.3) is 0 Å². The van der Waals surface area contributed by atoms with Crippen molar-refractivity contribution in [3.63, 3.8) is 0 Å². The Hall–Kier alpha value is -2.14. The van der Waals surface area contributed by atoms with Crippen molar-refractivity contribution < 1.29 is 0 Å². The van der Waals surface area contributed by atoms with Crippen LogP contribution in [0.4, 0.5) is 0 Å². The average molecular weight is 326 g/mol. The lowest BCUT2D eigenvalue weighted by molar-refractivity contribution is 0.333. The minimum absolute atomic E-state index is 0.00582. The number of benzene rings is 1. The molecule has 1 atom stereocenters. The van der Waals surface area contributed by atoms with Gasteiger partial charge in [-0.1, -0.05) is 51.1 Å². The molecule has 1 unspecified atom stereocenters. The first-order valence-corrected chi connectivity index (χ1v) is 8.42. The molecule has 5 heteroatoms. The summed E-state index contributed by atoms with van der Waals surface area (Å²) in [4.78, 5) is 17.5. The minimum atomic E-state index is 0.00582. The van der Waals surface area contributed by atoms with E-state index in [1.54, 1.807) is 11.6 Å². The molecule has 0 radical (unpaired) electrons. The van der Waals surface area contributed by atoms with Crippen molar-refractivity contribution in [1.29, 1.82) is 0 Å². The predicted molar refractivity (Wildman–Crippen MR) is 96.1 cm³/mol. The number of hydrogen-bond acceptors (Lipinski definition) is 3. The van der Waals surface area contributed by atoms with E-state index in [2.05, 4.69) is 39.0 Å². The van der Waals surface area contributed by atoms with E-state index in [1.807, 2.05) is 16.7 Å². The molecule has 1 aromatic carbocycles. The van der Waals surface area contributed by atoms with Crippen LogP contribution < -0.4 is 22.3 Å². The molecular weight excluding hydrogens is 300 g/mol. The van der Waals surface area contributed by atoms with Gasteiger partial charge in [-0.15, -0.1) is 0 Å². The fourth-order valence-corrected chi connectivity index (χ4v) is 3.21. The Morgan fingerprint density at radius 1 is 1.33 bits per heavy atom. The first kappa shape index (κ1) is 16.7. The lowest BCUT2D eigenvalue weighted by Crippen LogP contribution is -2.38. The third kappa shape index (κ3) is 3.08. The lowest BCUT2D eigenvalue weighted by atomic mass is 9.97. The molecule has 0 saturated carbocycles. The number of fused-ring (bicyclic) bond motifs is 1. The molecule has 5 nitrogen and oxygen atoms in total. The third-order valence-electron chi connectivity index (χ3n) is 4.37. The molecule has 2 heterocycles. The highest BCUT2D eigenvalue weighted by Crippen LogP contribution is 2.23. The molecule has 24 heavy (non-hydrogen) atoms. The molecule has 1 aliphatic heterocycles. The van der Waals surface area contributed by atoms with Crippen molar-refractivity contribution in [2.45, 2.75) is 46.3 Å². The second kappa shape index (κ2) is 6.06. The van der Waals surface area contributed by atoms with Gasteiger partial charge in [0, 0.05) is 20.1 Å². The summed E-state index contributed by atoms with van der Waals surface area (Å²) in [7, 11) is 1.80. The van der Waals surface area contributed by atoms with Gasteiger partial charge in [0.15, 0.2) is 5.49 Å². The topological polar surface area (TPSA) is 65.3 Å². The average Bonchev–Trinajstić information content (AvgIpc) is 2.78. The molecule has 1 aromatic heterocycles. The van der Waals surface area contributed by atoms with Crippen molar-refractivity contribution in [2.24, 2.45) is 23.2 Å². The van der Waals surface area contributed by atoms with Gasteiger partial charge < -0.3 is 5.73 Å². The van der Waals surface area contributed by atoms with Gasteiger partial charge in [-0.05, 0) is 23.0 Å². The maximum Gasteiger partial charge on any atom is 0.330 e. The fourth-order valence-electron chi connectivity index (χ4n) is 3.21. The van der Waals surface area contributed by atoms with Crippen molar-refractivity contribution in [1.82, 2.24) is 9.13 Å². The number of imidazole rings is 1. The maximum atomic E-state index is 12.6. The summed E-state index contributed by atoms with van der Waals surface area (Å²) in [5.41, 5.74) is 8.82. The highest BCUT2D eigenvalue weighted by atomic mass is 16.1. The molecule has 0 bridgehead atoms. The van der Waals surface area contributed by atoms with E-state index in [0.717, 1.165) is 28.4 Å². The first-order chi connectivity index (χ1) is 11.3. The summed E-state index contributed by atoms with van der Waals surface area (Å²) in [5.74, 6) is 0. The van der Waals surface area contributed by atoms with Crippen molar-refractivity contribution >= 4 is 6.08 Å². The second-order valence-electron chi connectivity index (χ2n) is 7.73. The second-order valence-corrected chi connectivity index (χ2v) is 7.73. The monoisotopic (exact) mass is 326 g/mol. The maximum absolute atomic E-state index is 12.6. The van der Waals surface area contributed by atoms with Crippen LogP contribution in [0, 0.1) is 5.41 Å². The zero-order chi connectivity index (χ0) is 17.5. The number of nitrogens with two attached hydrogens (primary N) is 1. The Balaban J connectivity index is 2.09. The van der Waals surface area contributed by atoms with Gasteiger partial charge in [-0.25, -0.2) is 4.79 Å². The predicted octanol–water partition coefficient (Wildman–Crippen LogP) is 1.24. The van der Waals surface area contributed by atoms with E-state index in [1.165, 1.54) is 0 Å². The van der Waals surface area contributed by atoms with Gasteiger partial charge in [-0.2, -0.15) is 0 Å². The molecule has 128 valence electrons. The summed E-state index contributed by atoms with van der Waals surface area (Å²) in [6, 6.07) is 8.27. The normalized spacial score (nSPS) is 17.1. The van der Waals surface area contributed by atoms with Crippen LogP contribution in [0.2, 0.25) is 0 Å². The Morgan fingerprint density at radius 3 is 2.75 bits per heavy atom. The van der Waals surface area contributed by atoms with Crippen LogP contribution in [0.15, 0.2) is 34.1 Å². The van der Waals surface area contributed by atoms with E-state index in [-0.39, 0.29) is 17.1 Å². The van der Waals surface area contributed by atoms with E-state index < -0.39 is 0 Å². The van der Waals surface area contributed by atoms with E-state index in [4.69, 9.17) is 10.7 Å². The molecule has 2 aromatic rings. The van der Waals surface area contributed by atoms with Crippen LogP contribution in [0.5, 0.6) is 0 Å². The molecule has 0 fully saturated rings. The molecular formula is C19H26N4O. The van der Waals surface area contributed by atoms with Gasteiger partial charge in [0.2, 0.25) is 0 Å². The number of rotatable bonds is 3. The highest BCUT2D eigenvalue weighted by molar-refractivity contribution is 5.32. The van der Waals surface area contributed by atoms with Crippen LogP contribution in [-0.2, 0) is 20.1 Å². The van der Waals surface area contributed by atoms with Gasteiger partial charge in [-0.3, -0.25) is 14.1 Å². The Morgan fingerprint density at radius 2 is 2.08 bits per heavy atom. The van der Waals surface area contributed by atoms with Gasteiger partial charge in [0.1, 0.15) is 0 Å². The van der Waals surface area contributed by atoms with Crippen LogP contribution in [-0.4, -0.2) is 9.13 Å². The zero-order valence-corrected chi connectivity index (χ0v) is 14.9. The molecule has 3 rings (SSSR count). The van der Waals surface area contributed by atoms with Gasteiger partial charge in [0.05, 0.1) is 11.4 Å². The molecule has 0 saturated heterocycles. The molecule has 0 amide bonds. The first-order valence-electron chi connectivity index (χ1n) is 8.42. The zero-order valence-electron chi connectivity index (χ0n) is 14.9. The quantitative estimate of drug-likeness (QED) is 0.922. The highest BCUT2D eigenvalue weighted by Gasteiger charge is 2.20. The van der Waals surface area contributed by atoms with Crippen LogP contribution in [0.25, 0.3) is 6.08 Å². The fraction of sp³-hybridized carbons (Fsp3) is 0.474. The lowest BCUT2D eigenvalue weighted by Gasteiger charge is -2.19. The number of hydrogen-bond donors (Lipinski definition) is 1. The Kier molecular flexibility index (Phi) is 4.22. The van der Waals surface area contributed by atoms with Crippen LogP contribution in [0.3, 0.4) is 0 Å². The largest absolute Gasteiger partial charge is 0.330 e. The molecule has 2 N–H and O–H groups in total. The van der Waals surface area contributed by atoms with E-state index in [9.17, 15) is 4.79 Å². The SMILES string of the molecule is Cn1c2c(n(CC(C)(C)C)c1=O)=CCC(c1cccc(CN)c1)N=2. The minimum Gasteiger partial charge on any atom is -0.326 e. The summed E-state index contributed by atoms with van der Waals surface area (Å²) in [5, 5.41) is 0.948. The molecule has 0 aliphatic carbocycles. The summed E-state index contributed by atoms with van der Waals surface area (Å²) >= 11 is 0. The van der Waals surface area contributed by atoms with E-state index in [0.29, 0.717) is 13.1 Å². The third-order valence-corrected chi connectivity index (χ3v) is 4.37. The molecule has 1 aliphatic rings. The summed E-state index contributed by atoms with van der Waals surface area (Å²) in [6.45, 7) is 7.63. The smallest absolute Gasteiger partial charge is 0.326 e. The number of nitrogens with zero attached hydrogens (tertiary/aromatic N) is 3. The van der Waals surface area contributed by atoms with Gasteiger partial charge >= 0.3 is 5.69 Å². The van der Waals surface area contributed by atoms with Crippen molar-refractivity contribution in [3.05, 3.63) is 56.7 Å². The summed E-state index contributed by atoms with van der Waals surface area (Å²) < 4.78 is 3.52.